The Labute approximate surface area is 618 Å². The highest BCUT2D eigenvalue weighted by Crippen LogP contribution is 2.26. The molecule has 0 aliphatic carbocycles. The number of non-ortho nitro benzene ring substituents is 1. The summed E-state index contributed by atoms with van der Waals surface area (Å²) >= 11 is 0. The SMILES string of the molecule is CC(C)C(=O)/C=C\C(=O)O.CC(C)C(=O)CCC(=O)O.CC(C)C(=O)CN.CC(C)C(=O)Nc1ccccc1.CC(C)C(=O)[C@@H](N)COC=O.CC(C)C(=O)c1ccccc1.CC(C)C(=O)c1ccccc1C(=O)O.CC(C)S(=O)(=O)c1ccc([N+](=O)[O-])cc1.Cc1c(F)c(F)c(C(=O)C(C)C)c(F)c1F. The monoisotopic (exact) mass is 1510 g/mol. The van der Waals surface area contributed by atoms with Crippen molar-refractivity contribution in [3.63, 3.8) is 0 Å². The molecule has 1 atom stereocenters. The summed E-state index contributed by atoms with van der Waals surface area (Å²) in [6.07, 6.45) is 2.04. The summed E-state index contributed by atoms with van der Waals surface area (Å²) in [5, 5.41) is 37.8. The standard InChI is InChI=1S/C11H10F4O.C11H12O3.C10H13NO.C10H12O.C9H11NO4S.C7H13NO3.C7H12O3.C7H10O3.C5H11NO/c1-4(2)11(16)6-9(14)7(12)5(3)8(13)10(6)15;1-7(2)10(12)8-5-3-4-6-9(8)11(13)14;1-8(2)10(12)11-9-6-4-3-5-7-9;1-8(2)10(11)9-6-4-3-5-7-9;1-7(2)15(13,14)9-5-3-8(4-6-9)10(11)12;1-5(2)7(10)6(8)3-11-4-9;2*1-5(2)6(8)3-4-7(9)10;1-4(2)5(7)3-6/h4H,1-3H3;3-7H,1-2H3,(H,13,14);3-8H,1-2H3,(H,11,12);3-8H,1-2H3;3-7H,1-2H3;4-6H,3,8H2,1-2H3;5H,3-4H2,1-2H3,(H,9,10);3-5H,1-2H3,(H,9,10);4H,3,6H2,1-2H3/b;;;;;;;4-3-;/t;;;;;6-;;;/m.....0.../s1. The zero-order chi connectivity index (χ0) is 83.2. The van der Waals surface area contributed by atoms with Gasteiger partial charge in [-0.1, -0.05) is 178 Å². The van der Waals surface area contributed by atoms with Crippen LogP contribution in [0.25, 0.3) is 0 Å². The van der Waals surface area contributed by atoms with Crippen molar-refractivity contribution in [2.75, 3.05) is 18.5 Å². The highest BCUT2D eigenvalue weighted by Gasteiger charge is 2.29. The van der Waals surface area contributed by atoms with Crippen LogP contribution in [0.3, 0.4) is 0 Å². The van der Waals surface area contributed by atoms with Gasteiger partial charge in [0.2, 0.25) is 5.91 Å². The van der Waals surface area contributed by atoms with Crippen molar-refractivity contribution < 1.29 is 108 Å². The number of carboxylic acids is 3. The van der Waals surface area contributed by atoms with Crippen molar-refractivity contribution in [1.82, 2.24) is 0 Å². The van der Waals surface area contributed by atoms with Crippen molar-refractivity contribution >= 4 is 92.0 Å². The number of carbonyl (C=O) groups is 12. The van der Waals surface area contributed by atoms with Crippen molar-refractivity contribution in [3.8, 4) is 0 Å². The quantitative estimate of drug-likeness (QED) is 0.00569. The number of nitro benzene ring substituents is 1. The fourth-order valence-corrected chi connectivity index (χ4v) is 8.03. The average molecular weight is 1510 g/mol. The second kappa shape index (κ2) is 53.6. The zero-order valence-electron chi connectivity index (χ0n) is 63.5. The topological polar surface area (TPSA) is 416 Å². The number of carboxylic acid groups (broad SMARTS) is 3. The van der Waals surface area contributed by atoms with Crippen molar-refractivity contribution in [2.45, 2.75) is 161 Å². The van der Waals surface area contributed by atoms with E-state index in [2.05, 4.69) is 10.1 Å². The smallest absolute Gasteiger partial charge is 0.336 e. The Kier molecular flexibility index (Phi) is 51.7. The lowest BCUT2D eigenvalue weighted by Crippen LogP contribution is -2.37. The van der Waals surface area contributed by atoms with E-state index in [0.29, 0.717) is 0 Å². The van der Waals surface area contributed by atoms with E-state index < -0.39 is 90.1 Å². The summed E-state index contributed by atoms with van der Waals surface area (Å²) in [4.78, 5) is 139. The summed E-state index contributed by atoms with van der Waals surface area (Å²) in [7, 11) is -3.34. The third-order valence-corrected chi connectivity index (χ3v) is 15.8. The Bertz CT molecular complexity index is 3770. The number of carbonyl (C=O) groups excluding carboxylic acids is 9. The molecule has 0 fully saturated rings. The molecule has 0 radical (unpaired) electrons. The number of nitro groups is 1. The first-order valence-corrected chi connectivity index (χ1v) is 34.9. The van der Waals surface area contributed by atoms with Gasteiger partial charge >= 0.3 is 17.9 Å². The summed E-state index contributed by atoms with van der Waals surface area (Å²) in [6.45, 7) is 32.5. The number of nitrogens with zero attached hydrogens (tertiary/aromatic N) is 1. The van der Waals surface area contributed by atoms with Gasteiger partial charge in [-0.2, -0.15) is 0 Å². The minimum absolute atomic E-state index is 0.0161. The van der Waals surface area contributed by atoms with Crippen LogP contribution in [-0.4, -0.2) is 124 Å². The maximum atomic E-state index is 13.3. The number of benzene rings is 5. The van der Waals surface area contributed by atoms with Gasteiger partial charge in [0.1, 0.15) is 18.2 Å². The molecule has 0 heterocycles. The predicted molar refractivity (Wildman–Crippen MR) is 396 cm³/mol. The van der Waals surface area contributed by atoms with E-state index >= 15 is 0 Å². The number of anilines is 1. The normalized spacial score (nSPS) is 10.7. The molecule has 0 saturated carbocycles. The van der Waals surface area contributed by atoms with Gasteiger partial charge in [-0.05, 0) is 57.2 Å². The molecule has 1 amide bonds. The summed E-state index contributed by atoms with van der Waals surface area (Å²) in [5.41, 5.74) is 10.4. The first-order chi connectivity index (χ1) is 48.9. The number of hydrogen-bond donors (Lipinski definition) is 6. The largest absolute Gasteiger partial charge is 0.481 e. The van der Waals surface area contributed by atoms with E-state index in [-0.39, 0.29) is 136 Å². The maximum absolute atomic E-state index is 13.3. The van der Waals surface area contributed by atoms with Gasteiger partial charge in [0.25, 0.3) is 12.2 Å². The molecule has 29 heteroatoms. The molecule has 0 unspecified atom stereocenters. The van der Waals surface area contributed by atoms with Crippen molar-refractivity contribution in [1.29, 1.82) is 0 Å². The predicted octanol–water partition coefficient (Wildman–Crippen LogP) is 14.0. The van der Waals surface area contributed by atoms with Crippen LogP contribution in [0.15, 0.2) is 126 Å². The number of sulfone groups is 1. The second-order valence-corrected chi connectivity index (χ2v) is 28.1. The Morgan fingerprint density at radius 3 is 1.31 bits per heavy atom. The van der Waals surface area contributed by atoms with Gasteiger partial charge in [0.05, 0.1) is 45.2 Å². The summed E-state index contributed by atoms with van der Waals surface area (Å²) in [6, 6.07) is 29.3. The third kappa shape index (κ3) is 42.0. The number of rotatable bonds is 26. The van der Waals surface area contributed by atoms with Crippen LogP contribution >= 0.6 is 0 Å². The zero-order valence-corrected chi connectivity index (χ0v) is 64.3. The lowest BCUT2D eigenvalue weighted by molar-refractivity contribution is -0.384. The van der Waals surface area contributed by atoms with Crippen molar-refractivity contribution in [2.24, 2.45) is 58.8 Å². The molecule has 0 aromatic heterocycles. The molecule has 106 heavy (non-hydrogen) atoms. The highest BCUT2D eigenvalue weighted by molar-refractivity contribution is 7.92. The first kappa shape index (κ1) is 102. The fraction of sp³-hybridized carbons (Fsp3) is 0.429. The number of ether oxygens (including phenoxy) is 1. The van der Waals surface area contributed by atoms with Crippen LogP contribution < -0.4 is 16.8 Å². The van der Waals surface area contributed by atoms with Crippen LogP contribution in [-0.2, 0) is 52.9 Å². The molecule has 5 aromatic rings. The van der Waals surface area contributed by atoms with E-state index in [4.69, 9.17) is 26.8 Å². The molecule has 586 valence electrons. The van der Waals surface area contributed by atoms with Crippen LogP contribution in [0, 0.1) is 87.7 Å². The van der Waals surface area contributed by atoms with E-state index in [1.165, 1.54) is 44.2 Å². The number of aromatic carboxylic acids is 1. The molecule has 0 bridgehead atoms. The molecule has 0 spiro atoms. The van der Waals surface area contributed by atoms with E-state index in [1.807, 2.05) is 102 Å². The number of allylic oxidation sites excluding steroid dienone is 1. The molecule has 5 aromatic carbocycles. The van der Waals surface area contributed by atoms with E-state index in [1.54, 1.807) is 87.4 Å². The second-order valence-electron chi connectivity index (χ2n) is 25.5. The first-order valence-electron chi connectivity index (χ1n) is 33.4. The number of aliphatic carboxylic acids is 2. The number of nitrogens with one attached hydrogen (secondary N) is 1. The molecule has 5 rings (SSSR count). The van der Waals surface area contributed by atoms with Crippen LogP contribution in [0.5, 0.6) is 0 Å². The Balaban J connectivity index is -0.000000557. The Morgan fingerprint density at radius 1 is 0.538 bits per heavy atom. The van der Waals surface area contributed by atoms with Crippen LogP contribution in [0.1, 0.15) is 184 Å². The van der Waals surface area contributed by atoms with Crippen LogP contribution in [0.4, 0.5) is 28.9 Å². The average Bonchev–Trinajstić information content (AvgIpc) is 0.789. The summed E-state index contributed by atoms with van der Waals surface area (Å²) < 4.78 is 80.5. The number of nitrogens with two attached hydrogens (primary N) is 2. The number of hydrogen-bond acceptors (Lipinski definition) is 19. The van der Waals surface area contributed by atoms with E-state index in [0.717, 1.165) is 30.3 Å². The Hall–Kier alpha value is -10.1. The molecule has 0 aliphatic rings. The highest BCUT2D eigenvalue weighted by atomic mass is 32.2. The third-order valence-electron chi connectivity index (χ3n) is 13.7. The van der Waals surface area contributed by atoms with Gasteiger partial charge in [-0.15, -0.1) is 0 Å². The lowest BCUT2D eigenvalue weighted by atomic mass is 9.96. The molecular weight excluding hydrogens is 1410 g/mol. The number of Topliss-reactive ketones (excluding diaryl/α,β-unsaturated/α-hetero) is 6. The van der Waals surface area contributed by atoms with E-state index in [9.17, 15) is 93.6 Å². The van der Waals surface area contributed by atoms with Crippen molar-refractivity contribution in [3.05, 3.63) is 183 Å². The van der Waals surface area contributed by atoms with Gasteiger partial charge < -0.3 is 36.8 Å². The van der Waals surface area contributed by atoms with Gasteiger partial charge in [0, 0.05) is 94.4 Å². The van der Waals surface area contributed by atoms with Gasteiger partial charge in [0.15, 0.2) is 62.0 Å². The number of amides is 1. The molecule has 24 nitrogen and oxygen atoms in total. The fourth-order valence-electron chi connectivity index (χ4n) is 6.97. The number of para-hydroxylation sites is 1. The number of ketones is 7. The molecule has 0 saturated heterocycles. The number of halogens is 4. The maximum Gasteiger partial charge on any atom is 0.336 e. The van der Waals surface area contributed by atoms with Gasteiger partial charge in [-0.3, -0.25) is 58.1 Å². The molecular formula is C77H104F4N4O20S. The van der Waals surface area contributed by atoms with Crippen LogP contribution in [0.2, 0.25) is 0 Å². The minimum Gasteiger partial charge on any atom is -0.481 e. The summed E-state index contributed by atoms with van der Waals surface area (Å²) in [5.74, 6) is -11.3. The molecule has 8 N–H and O–H groups in total. The molecule has 0 aliphatic heterocycles. The lowest BCUT2D eigenvalue weighted by Gasteiger charge is -2.10. The Morgan fingerprint density at radius 2 is 0.972 bits per heavy atom. The van der Waals surface area contributed by atoms with Gasteiger partial charge in [-0.25, -0.2) is 35.6 Å². The minimum atomic E-state index is -3.34.